The second-order valence-corrected chi connectivity index (χ2v) is 7.22. The molecular formula is C26H29NO3. The summed E-state index contributed by atoms with van der Waals surface area (Å²) in [5, 5.41) is 3.08. The summed E-state index contributed by atoms with van der Waals surface area (Å²) < 4.78 is 10.6. The molecule has 0 aliphatic rings. The quantitative estimate of drug-likeness (QED) is 0.486. The average molecular weight is 404 g/mol. The van der Waals surface area contributed by atoms with Gasteiger partial charge in [-0.05, 0) is 41.7 Å². The van der Waals surface area contributed by atoms with Gasteiger partial charge in [0.2, 0.25) is 5.91 Å². The largest absolute Gasteiger partial charge is 0.493 e. The van der Waals surface area contributed by atoms with Gasteiger partial charge in [-0.3, -0.25) is 4.79 Å². The van der Waals surface area contributed by atoms with Crippen LogP contribution in [0.1, 0.15) is 35.4 Å². The number of nitrogens with one attached hydrogen (secondary N) is 1. The van der Waals surface area contributed by atoms with Crippen LogP contribution in [0.25, 0.3) is 0 Å². The van der Waals surface area contributed by atoms with Crippen LogP contribution in [-0.2, 0) is 11.2 Å². The molecule has 3 rings (SSSR count). The molecule has 0 unspecified atom stereocenters. The second kappa shape index (κ2) is 11.1. The monoisotopic (exact) mass is 403 g/mol. The van der Waals surface area contributed by atoms with Gasteiger partial charge in [0.05, 0.1) is 14.2 Å². The molecular weight excluding hydrogens is 374 g/mol. The summed E-state index contributed by atoms with van der Waals surface area (Å²) in [4.78, 5) is 12.6. The SMILES string of the molecule is COc1ccc(CCCNC(=O)CC(c2ccccc2)c2ccccc2)cc1OC. The van der Waals surface area contributed by atoms with Gasteiger partial charge in [-0.2, -0.15) is 0 Å². The minimum Gasteiger partial charge on any atom is -0.493 e. The second-order valence-electron chi connectivity index (χ2n) is 7.22. The summed E-state index contributed by atoms with van der Waals surface area (Å²) in [5.41, 5.74) is 3.47. The number of hydrogen-bond acceptors (Lipinski definition) is 3. The molecule has 0 aliphatic heterocycles. The molecule has 0 bridgehead atoms. The highest BCUT2D eigenvalue weighted by atomic mass is 16.5. The van der Waals surface area contributed by atoms with Crippen molar-refractivity contribution >= 4 is 5.91 Å². The molecule has 0 aromatic heterocycles. The van der Waals surface area contributed by atoms with Gasteiger partial charge in [0.15, 0.2) is 11.5 Å². The van der Waals surface area contributed by atoms with Crippen LogP contribution in [0, 0.1) is 0 Å². The van der Waals surface area contributed by atoms with E-state index in [9.17, 15) is 4.79 Å². The molecule has 0 aliphatic carbocycles. The molecule has 4 heteroatoms. The fourth-order valence-electron chi connectivity index (χ4n) is 3.61. The summed E-state index contributed by atoms with van der Waals surface area (Å²) in [6.45, 7) is 0.642. The van der Waals surface area contributed by atoms with Crippen molar-refractivity contribution in [2.24, 2.45) is 0 Å². The Morgan fingerprint density at radius 3 is 2.00 bits per heavy atom. The van der Waals surface area contributed by atoms with E-state index < -0.39 is 0 Å². The molecule has 0 saturated carbocycles. The summed E-state index contributed by atoms with van der Waals surface area (Å²) >= 11 is 0. The molecule has 30 heavy (non-hydrogen) atoms. The lowest BCUT2D eigenvalue weighted by Crippen LogP contribution is -2.26. The number of methoxy groups -OCH3 is 2. The Kier molecular flexibility index (Phi) is 7.90. The van der Waals surface area contributed by atoms with Crippen molar-refractivity contribution in [3.63, 3.8) is 0 Å². The fraction of sp³-hybridized carbons (Fsp3) is 0.269. The minimum atomic E-state index is 0.0539. The Morgan fingerprint density at radius 1 is 0.833 bits per heavy atom. The smallest absolute Gasteiger partial charge is 0.220 e. The molecule has 0 fully saturated rings. The average Bonchev–Trinajstić information content (AvgIpc) is 2.81. The Morgan fingerprint density at radius 2 is 1.43 bits per heavy atom. The van der Waals surface area contributed by atoms with Crippen LogP contribution in [0.15, 0.2) is 78.9 Å². The summed E-state index contributed by atoms with van der Waals surface area (Å²) in [6, 6.07) is 26.4. The van der Waals surface area contributed by atoms with Crippen molar-refractivity contribution < 1.29 is 14.3 Å². The molecule has 3 aromatic carbocycles. The van der Waals surface area contributed by atoms with Crippen molar-refractivity contribution in [1.82, 2.24) is 5.32 Å². The number of carbonyl (C=O) groups excluding carboxylic acids is 1. The Labute approximate surface area is 178 Å². The highest BCUT2D eigenvalue weighted by Crippen LogP contribution is 2.29. The first kappa shape index (κ1) is 21.4. The van der Waals surface area contributed by atoms with Crippen LogP contribution in [0.5, 0.6) is 11.5 Å². The molecule has 1 amide bonds. The zero-order valence-electron chi connectivity index (χ0n) is 17.6. The van der Waals surface area contributed by atoms with E-state index in [-0.39, 0.29) is 11.8 Å². The van der Waals surface area contributed by atoms with Gasteiger partial charge in [0.25, 0.3) is 0 Å². The zero-order chi connectivity index (χ0) is 21.2. The number of aryl methyl sites for hydroxylation is 1. The van der Waals surface area contributed by atoms with Crippen LogP contribution in [0.4, 0.5) is 0 Å². The highest BCUT2D eigenvalue weighted by Gasteiger charge is 2.17. The van der Waals surface area contributed by atoms with Gasteiger partial charge in [0, 0.05) is 18.9 Å². The first-order valence-corrected chi connectivity index (χ1v) is 10.3. The van der Waals surface area contributed by atoms with E-state index in [4.69, 9.17) is 9.47 Å². The normalized spacial score (nSPS) is 10.6. The number of hydrogen-bond donors (Lipinski definition) is 1. The van der Waals surface area contributed by atoms with E-state index in [0.29, 0.717) is 13.0 Å². The third kappa shape index (κ3) is 5.86. The topological polar surface area (TPSA) is 47.6 Å². The van der Waals surface area contributed by atoms with Gasteiger partial charge < -0.3 is 14.8 Å². The van der Waals surface area contributed by atoms with Crippen LogP contribution in [-0.4, -0.2) is 26.7 Å². The van der Waals surface area contributed by atoms with Crippen LogP contribution in [0.2, 0.25) is 0 Å². The third-order valence-corrected chi connectivity index (χ3v) is 5.21. The molecule has 0 saturated heterocycles. The number of carbonyl (C=O) groups is 1. The lowest BCUT2D eigenvalue weighted by Gasteiger charge is -2.18. The number of ether oxygens (including phenoxy) is 2. The van der Waals surface area contributed by atoms with Gasteiger partial charge >= 0.3 is 0 Å². The number of rotatable bonds is 10. The van der Waals surface area contributed by atoms with Crippen molar-refractivity contribution in [1.29, 1.82) is 0 Å². The molecule has 0 atom stereocenters. The van der Waals surface area contributed by atoms with Gasteiger partial charge in [0.1, 0.15) is 0 Å². The van der Waals surface area contributed by atoms with Crippen molar-refractivity contribution in [2.75, 3.05) is 20.8 Å². The maximum Gasteiger partial charge on any atom is 0.220 e. The van der Waals surface area contributed by atoms with Crippen molar-refractivity contribution in [3.8, 4) is 11.5 Å². The molecule has 3 aromatic rings. The highest BCUT2D eigenvalue weighted by molar-refractivity contribution is 5.77. The summed E-state index contributed by atoms with van der Waals surface area (Å²) in [6.07, 6.45) is 2.16. The van der Waals surface area contributed by atoms with Crippen molar-refractivity contribution in [3.05, 3.63) is 95.6 Å². The maximum absolute atomic E-state index is 12.6. The molecule has 0 spiro atoms. The van der Waals surface area contributed by atoms with Gasteiger partial charge in [-0.25, -0.2) is 0 Å². The van der Waals surface area contributed by atoms with E-state index in [2.05, 4.69) is 29.6 Å². The van der Waals surface area contributed by atoms with Crippen molar-refractivity contribution in [2.45, 2.75) is 25.2 Å². The number of amides is 1. The molecule has 156 valence electrons. The van der Waals surface area contributed by atoms with Gasteiger partial charge in [-0.15, -0.1) is 0 Å². The predicted octanol–water partition coefficient (Wildman–Crippen LogP) is 4.97. The third-order valence-electron chi connectivity index (χ3n) is 5.21. The molecule has 1 N–H and O–H groups in total. The lowest BCUT2D eigenvalue weighted by molar-refractivity contribution is -0.121. The lowest BCUT2D eigenvalue weighted by atomic mass is 9.88. The molecule has 0 radical (unpaired) electrons. The molecule has 4 nitrogen and oxygen atoms in total. The predicted molar refractivity (Wildman–Crippen MR) is 120 cm³/mol. The van der Waals surface area contributed by atoms with E-state index >= 15 is 0 Å². The van der Waals surface area contributed by atoms with Crippen LogP contribution < -0.4 is 14.8 Å². The molecule has 0 heterocycles. The number of benzene rings is 3. The first-order valence-electron chi connectivity index (χ1n) is 10.3. The van der Waals surface area contributed by atoms with E-state index in [1.807, 2.05) is 54.6 Å². The fourth-order valence-corrected chi connectivity index (χ4v) is 3.61. The Bertz CT molecular complexity index is 886. The van der Waals surface area contributed by atoms with E-state index in [0.717, 1.165) is 41.0 Å². The zero-order valence-corrected chi connectivity index (χ0v) is 17.6. The Hall–Kier alpha value is -3.27. The Balaban J connectivity index is 1.54. The maximum atomic E-state index is 12.6. The van der Waals surface area contributed by atoms with E-state index in [1.165, 1.54) is 0 Å². The standard InChI is InChI=1S/C26H29NO3/c1-29-24-16-15-20(18-25(24)30-2)10-9-17-27-26(28)19-23(21-11-5-3-6-12-21)22-13-7-4-8-14-22/h3-8,11-16,18,23H,9-10,17,19H2,1-2H3,(H,27,28). The summed E-state index contributed by atoms with van der Waals surface area (Å²) in [7, 11) is 3.27. The minimum absolute atomic E-state index is 0.0539. The first-order chi connectivity index (χ1) is 14.7. The van der Waals surface area contributed by atoms with Crippen LogP contribution >= 0.6 is 0 Å². The van der Waals surface area contributed by atoms with Gasteiger partial charge in [-0.1, -0.05) is 66.7 Å². The van der Waals surface area contributed by atoms with Crippen LogP contribution in [0.3, 0.4) is 0 Å². The summed E-state index contributed by atoms with van der Waals surface area (Å²) in [5.74, 6) is 1.58. The van der Waals surface area contributed by atoms with E-state index in [1.54, 1.807) is 14.2 Å².